The highest BCUT2D eigenvalue weighted by molar-refractivity contribution is 14.0. The SMILES string of the molecule is CN=C(NCCC(F)(F)F)NCc1cc(Br)cs1.I. The Kier molecular flexibility index (Phi) is 8.99. The van der Waals surface area contributed by atoms with E-state index >= 15 is 0 Å². The second-order valence-corrected chi connectivity index (χ2v) is 5.36. The number of hydrogen-bond acceptors (Lipinski definition) is 2. The van der Waals surface area contributed by atoms with Crippen molar-refractivity contribution in [3.05, 3.63) is 20.8 Å². The number of aliphatic imine (C=N–C) groups is 1. The summed E-state index contributed by atoms with van der Waals surface area (Å²) in [4.78, 5) is 4.92. The highest BCUT2D eigenvalue weighted by Gasteiger charge is 2.26. The molecule has 1 aromatic rings. The lowest BCUT2D eigenvalue weighted by Gasteiger charge is -2.12. The first-order valence-corrected chi connectivity index (χ1v) is 6.82. The Balaban J connectivity index is 0.00000324. The molecule has 2 N–H and O–H groups in total. The van der Waals surface area contributed by atoms with Crippen molar-refractivity contribution in [1.82, 2.24) is 10.6 Å². The Hall–Kier alpha value is -0.0300. The maximum absolute atomic E-state index is 12.0. The van der Waals surface area contributed by atoms with Crippen LogP contribution in [0.15, 0.2) is 20.9 Å². The molecule has 0 aliphatic heterocycles. The highest BCUT2D eigenvalue weighted by Crippen LogP contribution is 2.19. The van der Waals surface area contributed by atoms with Gasteiger partial charge >= 0.3 is 6.18 Å². The summed E-state index contributed by atoms with van der Waals surface area (Å²) in [6.07, 6.45) is -5.03. The fraction of sp³-hybridized carbons (Fsp3) is 0.500. The van der Waals surface area contributed by atoms with Crippen LogP contribution in [0.25, 0.3) is 0 Å². The fourth-order valence-corrected chi connectivity index (χ4v) is 2.55. The number of alkyl halides is 3. The van der Waals surface area contributed by atoms with Crippen LogP contribution < -0.4 is 10.6 Å². The molecule has 19 heavy (non-hydrogen) atoms. The molecular formula is C10H14BrF3IN3S. The van der Waals surface area contributed by atoms with E-state index in [0.29, 0.717) is 12.5 Å². The van der Waals surface area contributed by atoms with Gasteiger partial charge in [0.2, 0.25) is 0 Å². The van der Waals surface area contributed by atoms with Crippen LogP contribution in [0.3, 0.4) is 0 Å². The van der Waals surface area contributed by atoms with Gasteiger partial charge in [-0.15, -0.1) is 35.3 Å². The van der Waals surface area contributed by atoms with Crippen molar-refractivity contribution in [2.45, 2.75) is 19.1 Å². The molecule has 0 saturated carbocycles. The third-order valence-corrected chi connectivity index (χ3v) is 3.67. The second-order valence-electron chi connectivity index (χ2n) is 3.45. The number of hydrogen-bond donors (Lipinski definition) is 2. The van der Waals surface area contributed by atoms with E-state index in [9.17, 15) is 13.2 Å². The van der Waals surface area contributed by atoms with E-state index in [1.165, 1.54) is 7.05 Å². The first kappa shape index (κ1) is 19.0. The Labute approximate surface area is 139 Å². The van der Waals surface area contributed by atoms with Crippen LogP contribution >= 0.6 is 51.2 Å². The van der Waals surface area contributed by atoms with Crippen LogP contribution in [0.1, 0.15) is 11.3 Å². The molecule has 3 nitrogen and oxygen atoms in total. The first-order chi connectivity index (χ1) is 8.40. The standard InChI is InChI=1S/C10H13BrF3N3S.HI/c1-15-9(16-3-2-10(12,13)14)17-5-8-4-7(11)6-18-8;/h4,6H,2-3,5H2,1H3,(H2,15,16,17);1H. The molecule has 0 fully saturated rings. The van der Waals surface area contributed by atoms with Gasteiger partial charge in [0.15, 0.2) is 5.96 Å². The monoisotopic (exact) mass is 471 g/mol. The maximum Gasteiger partial charge on any atom is 0.390 e. The van der Waals surface area contributed by atoms with E-state index in [-0.39, 0.29) is 30.5 Å². The lowest BCUT2D eigenvalue weighted by Crippen LogP contribution is -2.38. The number of halogens is 5. The minimum atomic E-state index is -4.15. The predicted octanol–water partition coefficient (Wildman–Crippen LogP) is 3.75. The summed E-state index contributed by atoms with van der Waals surface area (Å²) in [6, 6.07) is 1.95. The van der Waals surface area contributed by atoms with Gasteiger partial charge in [-0.1, -0.05) is 0 Å². The third kappa shape index (κ3) is 8.69. The zero-order valence-corrected chi connectivity index (χ0v) is 14.8. The van der Waals surface area contributed by atoms with Crippen molar-refractivity contribution in [1.29, 1.82) is 0 Å². The molecule has 0 aliphatic carbocycles. The minimum absolute atomic E-state index is 0. The van der Waals surface area contributed by atoms with E-state index in [0.717, 1.165) is 9.35 Å². The lowest BCUT2D eigenvalue weighted by atomic mass is 10.4. The Bertz CT molecular complexity index is 409. The molecule has 0 amide bonds. The van der Waals surface area contributed by atoms with Gasteiger partial charge < -0.3 is 10.6 Å². The van der Waals surface area contributed by atoms with E-state index in [1.807, 2.05) is 11.4 Å². The summed E-state index contributed by atoms with van der Waals surface area (Å²) in [5.74, 6) is 0.365. The molecule has 0 saturated heterocycles. The van der Waals surface area contributed by atoms with Gasteiger partial charge in [0.1, 0.15) is 0 Å². The van der Waals surface area contributed by atoms with Gasteiger partial charge in [-0.3, -0.25) is 4.99 Å². The molecule has 1 heterocycles. The van der Waals surface area contributed by atoms with Crippen molar-refractivity contribution >= 4 is 57.2 Å². The van der Waals surface area contributed by atoms with Gasteiger partial charge in [-0.25, -0.2) is 0 Å². The van der Waals surface area contributed by atoms with Crippen LogP contribution in [0.2, 0.25) is 0 Å². The topological polar surface area (TPSA) is 36.4 Å². The molecule has 0 aromatic carbocycles. The number of nitrogens with zero attached hydrogens (tertiary/aromatic N) is 1. The van der Waals surface area contributed by atoms with Gasteiger partial charge in [0, 0.05) is 28.3 Å². The second kappa shape index (κ2) is 9.01. The molecule has 110 valence electrons. The lowest BCUT2D eigenvalue weighted by molar-refractivity contribution is -0.132. The normalized spacial score (nSPS) is 11.9. The summed E-state index contributed by atoms with van der Waals surface area (Å²) in [6.45, 7) is 0.346. The van der Waals surface area contributed by atoms with Crippen molar-refractivity contribution in [2.24, 2.45) is 4.99 Å². The van der Waals surface area contributed by atoms with E-state index in [1.54, 1.807) is 11.3 Å². The van der Waals surface area contributed by atoms with Crippen molar-refractivity contribution in [2.75, 3.05) is 13.6 Å². The first-order valence-electron chi connectivity index (χ1n) is 5.15. The van der Waals surface area contributed by atoms with Gasteiger partial charge in [-0.05, 0) is 22.0 Å². The van der Waals surface area contributed by atoms with Crippen LogP contribution in [-0.2, 0) is 6.54 Å². The van der Waals surface area contributed by atoms with Gasteiger partial charge in [-0.2, -0.15) is 13.2 Å². The van der Waals surface area contributed by atoms with Gasteiger partial charge in [0.05, 0.1) is 13.0 Å². The molecule has 0 aliphatic rings. The molecule has 0 atom stereocenters. The Morgan fingerprint density at radius 1 is 1.42 bits per heavy atom. The zero-order valence-electron chi connectivity index (χ0n) is 10.1. The quantitative estimate of drug-likeness (QED) is 0.398. The molecule has 0 spiro atoms. The molecule has 1 aromatic heterocycles. The van der Waals surface area contributed by atoms with Crippen molar-refractivity contribution < 1.29 is 13.2 Å². The van der Waals surface area contributed by atoms with E-state index < -0.39 is 12.6 Å². The van der Waals surface area contributed by atoms with Crippen LogP contribution in [0.5, 0.6) is 0 Å². The number of thiophene rings is 1. The van der Waals surface area contributed by atoms with Crippen LogP contribution in [-0.4, -0.2) is 25.7 Å². The maximum atomic E-state index is 12.0. The number of guanidine groups is 1. The van der Waals surface area contributed by atoms with Crippen molar-refractivity contribution in [3.63, 3.8) is 0 Å². The molecule has 1 rings (SSSR count). The smallest absolute Gasteiger partial charge is 0.356 e. The van der Waals surface area contributed by atoms with E-state index in [2.05, 4.69) is 31.6 Å². The molecule has 0 unspecified atom stereocenters. The van der Waals surface area contributed by atoms with E-state index in [4.69, 9.17) is 0 Å². The highest BCUT2D eigenvalue weighted by atomic mass is 127. The number of rotatable bonds is 4. The molecule has 0 bridgehead atoms. The third-order valence-electron chi connectivity index (χ3n) is 1.98. The minimum Gasteiger partial charge on any atom is -0.356 e. The summed E-state index contributed by atoms with van der Waals surface area (Å²) in [5, 5.41) is 7.50. The van der Waals surface area contributed by atoms with Crippen LogP contribution in [0, 0.1) is 0 Å². The summed E-state index contributed by atoms with van der Waals surface area (Å²) in [5.41, 5.74) is 0. The molecule has 9 heteroatoms. The molecular weight excluding hydrogens is 458 g/mol. The average Bonchev–Trinajstić information content (AvgIpc) is 2.67. The Morgan fingerprint density at radius 2 is 2.11 bits per heavy atom. The fourth-order valence-electron chi connectivity index (χ4n) is 1.16. The summed E-state index contributed by atoms with van der Waals surface area (Å²) in [7, 11) is 1.52. The van der Waals surface area contributed by atoms with Gasteiger partial charge in [0.25, 0.3) is 0 Å². The predicted molar refractivity (Wildman–Crippen MR) is 86.3 cm³/mol. The van der Waals surface area contributed by atoms with Crippen LogP contribution in [0.4, 0.5) is 13.2 Å². The largest absolute Gasteiger partial charge is 0.390 e. The average molecular weight is 472 g/mol. The summed E-state index contributed by atoms with van der Waals surface area (Å²) >= 11 is 4.89. The zero-order chi connectivity index (χ0) is 13.6. The van der Waals surface area contributed by atoms with Crippen molar-refractivity contribution in [3.8, 4) is 0 Å². The number of nitrogens with one attached hydrogen (secondary N) is 2. The molecule has 0 radical (unpaired) electrons. The Morgan fingerprint density at radius 3 is 2.58 bits per heavy atom. The summed E-state index contributed by atoms with van der Waals surface area (Å²) < 4.78 is 36.9.